The van der Waals surface area contributed by atoms with Crippen LogP contribution in [0.15, 0.2) is 4.42 Å². The molecule has 0 aliphatic rings. The van der Waals surface area contributed by atoms with E-state index in [2.05, 4.69) is 15.5 Å². The Morgan fingerprint density at radius 3 is 2.29 bits per heavy atom. The number of rotatable bonds is 2. The molecule has 80 valence electrons. The van der Waals surface area contributed by atoms with Gasteiger partial charge in [0.1, 0.15) is 0 Å². The largest absolute Gasteiger partial charge is 0.417 e. The predicted octanol–water partition coefficient (Wildman–Crippen LogP) is 1.58. The van der Waals surface area contributed by atoms with Gasteiger partial charge in [-0.2, -0.15) is 0 Å². The van der Waals surface area contributed by atoms with E-state index in [1.807, 2.05) is 27.7 Å². The van der Waals surface area contributed by atoms with E-state index < -0.39 is 0 Å². The first-order chi connectivity index (χ1) is 6.65. The Balaban J connectivity index is 0.000000791. The van der Waals surface area contributed by atoms with Gasteiger partial charge in [0.25, 0.3) is 0 Å². The van der Waals surface area contributed by atoms with Gasteiger partial charge in [0, 0.05) is 13.0 Å². The van der Waals surface area contributed by atoms with Crippen molar-refractivity contribution in [2.75, 3.05) is 7.05 Å². The fourth-order valence-corrected chi connectivity index (χ4v) is 0.667. The highest BCUT2D eigenvalue weighted by Crippen LogP contribution is 2.11. The molecule has 0 radical (unpaired) electrons. The maximum atomic E-state index is 10.9. The quantitative estimate of drug-likeness (QED) is 0.785. The normalized spacial score (nSPS) is 9.29. The van der Waals surface area contributed by atoms with Crippen molar-refractivity contribution in [1.82, 2.24) is 15.5 Å². The molecule has 1 aromatic heterocycles. The predicted molar refractivity (Wildman–Crippen MR) is 53.1 cm³/mol. The molecular weight excluding hydrogens is 182 g/mol. The summed E-state index contributed by atoms with van der Waals surface area (Å²) in [6, 6.07) is 0. The van der Waals surface area contributed by atoms with Crippen LogP contribution >= 0.6 is 0 Å². The lowest BCUT2D eigenvalue weighted by Crippen LogP contribution is -2.18. The molecule has 1 N–H and O–H groups in total. The molecule has 14 heavy (non-hydrogen) atoms. The summed E-state index contributed by atoms with van der Waals surface area (Å²) in [5, 5.41) is 9.69. The molecule has 0 saturated heterocycles. The summed E-state index contributed by atoms with van der Waals surface area (Å²) < 4.78 is 5.06. The average molecular weight is 199 g/mol. The molecule has 0 bridgehead atoms. The van der Waals surface area contributed by atoms with Crippen LogP contribution in [0.4, 0.5) is 0 Å². The van der Waals surface area contributed by atoms with Gasteiger partial charge in [0.2, 0.25) is 5.89 Å². The van der Waals surface area contributed by atoms with E-state index in [1.165, 1.54) is 7.05 Å². The van der Waals surface area contributed by atoms with Crippen LogP contribution in [-0.4, -0.2) is 23.2 Å². The molecule has 1 aromatic rings. The summed E-state index contributed by atoms with van der Waals surface area (Å²) in [6.45, 7) is 7.84. The van der Waals surface area contributed by atoms with E-state index in [-0.39, 0.29) is 17.7 Å². The maximum absolute atomic E-state index is 10.9. The fourth-order valence-electron chi connectivity index (χ4n) is 0.667. The van der Waals surface area contributed by atoms with Gasteiger partial charge in [-0.15, -0.1) is 10.2 Å². The van der Waals surface area contributed by atoms with Crippen LogP contribution < -0.4 is 5.32 Å². The van der Waals surface area contributed by atoms with Gasteiger partial charge in [-0.05, 0) is 0 Å². The van der Waals surface area contributed by atoms with Crippen LogP contribution in [0.1, 0.15) is 50.2 Å². The van der Waals surface area contributed by atoms with Crippen LogP contribution in [0.2, 0.25) is 0 Å². The fraction of sp³-hybridized carbons (Fsp3) is 0.667. The number of nitrogens with one attached hydrogen (secondary N) is 1. The van der Waals surface area contributed by atoms with Gasteiger partial charge in [-0.25, -0.2) is 0 Å². The minimum atomic E-state index is -0.352. The number of carbonyl (C=O) groups is 1. The number of nitrogens with zero attached hydrogens (tertiary/aromatic N) is 2. The average Bonchev–Trinajstić information content (AvgIpc) is 2.68. The van der Waals surface area contributed by atoms with Gasteiger partial charge in [-0.1, -0.05) is 27.7 Å². The molecular formula is C9H17N3O2. The molecule has 1 amide bonds. The first-order valence-electron chi connectivity index (χ1n) is 4.70. The third kappa shape index (κ3) is 3.16. The molecule has 0 aliphatic carbocycles. The van der Waals surface area contributed by atoms with Crippen LogP contribution in [0.5, 0.6) is 0 Å². The SMILES string of the molecule is CC.CNC(=O)c1nnc(C(C)C)o1. The van der Waals surface area contributed by atoms with Crippen molar-refractivity contribution in [2.24, 2.45) is 0 Å². The highest BCUT2D eigenvalue weighted by molar-refractivity contribution is 5.89. The molecule has 0 aliphatic heterocycles. The van der Waals surface area contributed by atoms with Crippen LogP contribution in [0.25, 0.3) is 0 Å². The molecule has 5 nitrogen and oxygen atoms in total. The minimum Gasteiger partial charge on any atom is -0.417 e. The second-order valence-corrected chi connectivity index (χ2v) is 2.68. The van der Waals surface area contributed by atoms with E-state index in [9.17, 15) is 4.79 Å². The first kappa shape index (κ1) is 12.6. The molecule has 1 rings (SSSR count). The van der Waals surface area contributed by atoms with Gasteiger partial charge in [0.05, 0.1) is 0 Å². The summed E-state index contributed by atoms with van der Waals surface area (Å²) in [4.78, 5) is 10.9. The first-order valence-corrected chi connectivity index (χ1v) is 4.70. The van der Waals surface area contributed by atoms with E-state index in [0.717, 1.165) is 0 Å². The Morgan fingerprint density at radius 2 is 1.93 bits per heavy atom. The zero-order chi connectivity index (χ0) is 11.1. The number of carbonyl (C=O) groups excluding carboxylic acids is 1. The number of amides is 1. The summed E-state index contributed by atoms with van der Waals surface area (Å²) in [7, 11) is 1.52. The van der Waals surface area contributed by atoms with Gasteiger partial charge in [0.15, 0.2) is 0 Å². The smallest absolute Gasteiger partial charge is 0.308 e. The Morgan fingerprint density at radius 1 is 1.36 bits per heavy atom. The zero-order valence-electron chi connectivity index (χ0n) is 9.29. The Labute approximate surface area is 83.9 Å². The lowest BCUT2D eigenvalue weighted by atomic mass is 10.2. The Hall–Kier alpha value is -1.39. The monoisotopic (exact) mass is 199 g/mol. The van der Waals surface area contributed by atoms with Crippen molar-refractivity contribution in [3.63, 3.8) is 0 Å². The summed E-state index contributed by atoms with van der Waals surface area (Å²) >= 11 is 0. The molecule has 0 spiro atoms. The van der Waals surface area contributed by atoms with Crippen LogP contribution in [-0.2, 0) is 0 Å². The zero-order valence-corrected chi connectivity index (χ0v) is 9.29. The molecule has 1 heterocycles. The Kier molecular flexibility index (Phi) is 5.52. The second-order valence-electron chi connectivity index (χ2n) is 2.68. The van der Waals surface area contributed by atoms with Gasteiger partial charge >= 0.3 is 11.8 Å². The highest BCUT2D eigenvalue weighted by Gasteiger charge is 2.14. The molecule has 0 atom stereocenters. The molecule has 0 aromatic carbocycles. The topological polar surface area (TPSA) is 68.0 Å². The number of hydrogen-bond acceptors (Lipinski definition) is 4. The van der Waals surface area contributed by atoms with Crippen molar-refractivity contribution in [2.45, 2.75) is 33.6 Å². The van der Waals surface area contributed by atoms with Crippen molar-refractivity contribution in [3.8, 4) is 0 Å². The van der Waals surface area contributed by atoms with Crippen molar-refractivity contribution in [3.05, 3.63) is 11.8 Å². The third-order valence-corrected chi connectivity index (χ3v) is 1.36. The van der Waals surface area contributed by atoms with Crippen LogP contribution in [0.3, 0.4) is 0 Å². The standard InChI is InChI=1S/C7H11N3O2.C2H6/c1-4(2)6-9-10-7(12-6)5(11)8-3;1-2/h4H,1-3H3,(H,8,11);1-2H3. The lowest BCUT2D eigenvalue weighted by molar-refractivity contribution is 0.0926. The van der Waals surface area contributed by atoms with Crippen molar-refractivity contribution >= 4 is 5.91 Å². The van der Waals surface area contributed by atoms with Crippen LogP contribution in [0, 0.1) is 0 Å². The van der Waals surface area contributed by atoms with Gasteiger partial charge < -0.3 is 9.73 Å². The van der Waals surface area contributed by atoms with Crippen molar-refractivity contribution in [1.29, 1.82) is 0 Å². The molecule has 5 heteroatoms. The lowest BCUT2D eigenvalue weighted by Gasteiger charge is -1.93. The summed E-state index contributed by atoms with van der Waals surface area (Å²) in [5.74, 6) is 0.292. The second kappa shape index (κ2) is 6.12. The molecule has 0 fully saturated rings. The minimum absolute atomic E-state index is 0.0150. The van der Waals surface area contributed by atoms with Crippen molar-refractivity contribution < 1.29 is 9.21 Å². The van der Waals surface area contributed by atoms with E-state index >= 15 is 0 Å². The van der Waals surface area contributed by atoms with E-state index in [1.54, 1.807) is 0 Å². The maximum Gasteiger partial charge on any atom is 0.308 e. The summed E-state index contributed by atoms with van der Waals surface area (Å²) in [5.41, 5.74) is 0. The van der Waals surface area contributed by atoms with E-state index in [0.29, 0.717) is 5.89 Å². The van der Waals surface area contributed by atoms with E-state index in [4.69, 9.17) is 4.42 Å². The molecule has 0 unspecified atom stereocenters. The Bertz CT molecular complexity index is 281. The number of hydrogen-bond donors (Lipinski definition) is 1. The summed E-state index contributed by atoms with van der Waals surface area (Å²) in [6.07, 6.45) is 0. The number of aromatic nitrogens is 2. The highest BCUT2D eigenvalue weighted by atomic mass is 16.4. The molecule has 0 saturated carbocycles. The third-order valence-electron chi connectivity index (χ3n) is 1.36. The van der Waals surface area contributed by atoms with Gasteiger partial charge in [-0.3, -0.25) is 4.79 Å².